The van der Waals surface area contributed by atoms with E-state index >= 15 is 0 Å². The van der Waals surface area contributed by atoms with Crippen LogP contribution in [-0.4, -0.2) is 48.0 Å². The van der Waals surface area contributed by atoms with E-state index in [2.05, 4.69) is 15.1 Å². The molecular weight excluding hydrogens is 412 g/mol. The largest absolute Gasteiger partial charge is 0.496 e. The van der Waals surface area contributed by atoms with Crippen molar-refractivity contribution in [3.63, 3.8) is 0 Å². The minimum Gasteiger partial charge on any atom is -0.496 e. The van der Waals surface area contributed by atoms with Crippen molar-refractivity contribution < 1.29 is 17.7 Å². The van der Waals surface area contributed by atoms with Gasteiger partial charge in [0.25, 0.3) is 0 Å². The van der Waals surface area contributed by atoms with Crippen LogP contribution in [0.15, 0.2) is 57.0 Å². The molecule has 2 aromatic heterocycles. The first kappa shape index (κ1) is 21.3. The van der Waals surface area contributed by atoms with Crippen LogP contribution in [0.1, 0.15) is 19.7 Å². The molecule has 0 amide bonds. The summed E-state index contributed by atoms with van der Waals surface area (Å²) < 4.78 is 37.0. The van der Waals surface area contributed by atoms with Crippen molar-refractivity contribution in [3.8, 4) is 17.1 Å². The highest BCUT2D eigenvalue weighted by molar-refractivity contribution is 7.98. The van der Waals surface area contributed by atoms with E-state index in [9.17, 15) is 8.42 Å². The van der Waals surface area contributed by atoms with Crippen LogP contribution in [0.3, 0.4) is 0 Å². The average molecular weight is 435 g/mol. The van der Waals surface area contributed by atoms with Gasteiger partial charge in [0.15, 0.2) is 0 Å². The maximum atomic E-state index is 12.5. The lowest BCUT2D eigenvalue weighted by Gasteiger charge is -2.18. The Morgan fingerprint density at radius 1 is 1.14 bits per heavy atom. The molecule has 0 aliphatic heterocycles. The van der Waals surface area contributed by atoms with Crippen molar-refractivity contribution in [2.45, 2.75) is 29.5 Å². The summed E-state index contributed by atoms with van der Waals surface area (Å²) in [6, 6.07) is 10.7. The molecular formula is C19H22N4O4S2. The monoisotopic (exact) mass is 434 g/mol. The first-order valence-corrected chi connectivity index (χ1v) is 11.5. The SMILES string of the molecule is CCN(CC)S(=O)(=O)c1ccc(SCc2nc(-c3ccccc3OC)no2)nc1. The molecule has 0 N–H and O–H groups in total. The van der Waals surface area contributed by atoms with E-state index in [1.807, 2.05) is 38.1 Å². The summed E-state index contributed by atoms with van der Waals surface area (Å²) >= 11 is 1.38. The van der Waals surface area contributed by atoms with E-state index in [1.54, 1.807) is 19.2 Å². The normalized spacial score (nSPS) is 11.7. The number of sulfonamides is 1. The molecule has 0 saturated carbocycles. The van der Waals surface area contributed by atoms with Crippen LogP contribution >= 0.6 is 11.8 Å². The molecule has 0 spiro atoms. The zero-order chi connectivity index (χ0) is 20.9. The molecule has 2 heterocycles. The Hall–Kier alpha value is -2.43. The molecule has 0 fully saturated rings. The van der Waals surface area contributed by atoms with Gasteiger partial charge in [0, 0.05) is 19.3 Å². The lowest BCUT2D eigenvalue weighted by Crippen LogP contribution is -2.30. The van der Waals surface area contributed by atoms with Gasteiger partial charge in [-0.15, -0.1) is 0 Å². The van der Waals surface area contributed by atoms with Gasteiger partial charge in [-0.3, -0.25) is 0 Å². The first-order chi connectivity index (χ1) is 14.0. The first-order valence-electron chi connectivity index (χ1n) is 9.04. The maximum Gasteiger partial charge on any atom is 0.244 e. The quantitative estimate of drug-likeness (QED) is 0.472. The maximum absolute atomic E-state index is 12.5. The number of aromatic nitrogens is 3. The summed E-state index contributed by atoms with van der Waals surface area (Å²) in [4.78, 5) is 8.83. The number of nitrogens with zero attached hydrogens (tertiary/aromatic N) is 4. The number of hydrogen-bond donors (Lipinski definition) is 0. The Morgan fingerprint density at radius 3 is 2.55 bits per heavy atom. The third-order valence-electron chi connectivity index (χ3n) is 4.21. The van der Waals surface area contributed by atoms with E-state index in [0.717, 1.165) is 5.56 Å². The summed E-state index contributed by atoms with van der Waals surface area (Å²) in [7, 11) is -1.92. The molecule has 3 rings (SSSR count). The molecule has 0 aliphatic carbocycles. The van der Waals surface area contributed by atoms with E-state index < -0.39 is 10.0 Å². The van der Waals surface area contributed by atoms with Crippen molar-refractivity contribution in [3.05, 3.63) is 48.5 Å². The predicted octanol–water partition coefficient (Wildman–Crippen LogP) is 3.46. The van der Waals surface area contributed by atoms with Gasteiger partial charge in [-0.25, -0.2) is 13.4 Å². The van der Waals surface area contributed by atoms with Gasteiger partial charge in [-0.2, -0.15) is 9.29 Å². The minimum atomic E-state index is -3.51. The van der Waals surface area contributed by atoms with E-state index in [4.69, 9.17) is 9.26 Å². The molecule has 1 aromatic carbocycles. The van der Waals surface area contributed by atoms with Gasteiger partial charge in [0.05, 0.1) is 23.5 Å². The van der Waals surface area contributed by atoms with Crippen LogP contribution in [0, 0.1) is 0 Å². The van der Waals surface area contributed by atoms with Crippen LogP contribution in [0.2, 0.25) is 0 Å². The third kappa shape index (κ3) is 4.77. The van der Waals surface area contributed by atoms with Crippen LogP contribution in [0.4, 0.5) is 0 Å². The Kier molecular flexibility index (Phi) is 6.88. The third-order valence-corrected chi connectivity index (χ3v) is 7.17. The fraction of sp³-hybridized carbons (Fsp3) is 0.316. The van der Waals surface area contributed by atoms with Crippen molar-refractivity contribution in [1.82, 2.24) is 19.4 Å². The summed E-state index contributed by atoms with van der Waals surface area (Å²) in [5, 5.41) is 4.67. The van der Waals surface area contributed by atoms with Crippen LogP contribution in [0.25, 0.3) is 11.4 Å². The number of hydrogen-bond acceptors (Lipinski definition) is 8. The highest BCUT2D eigenvalue weighted by atomic mass is 32.2. The lowest BCUT2D eigenvalue weighted by molar-refractivity contribution is 0.390. The van der Waals surface area contributed by atoms with Gasteiger partial charge in [0.2, 0.25) is 21.7 Å². The molecule has 29 heavy (non-hydrogen) atoms. The summed E-state index contributed by atoms with van der Waals surface area (Å²) in [6.45, 7) is 4.45. The van der Waals surface area contributed by atoms with Crippen LogP contribution < -0.4 is 4.74 Å². The molecule has 0 bridgehead atoms. The van der Waals surface area contributed by atoms with Crippen LogP contribution in [-0.2, 0) is 15.8 Å². The standard InChI is InChI=1S/C19H22N4O4S2/c1-4-23(5-2)29(24,25)14-10-11-18(20-12-14)28-13-17-21-19(22-27-17)15-8-6-7-9-16(15)26-3/h6-12H,4-5,13H2,1-3H3. The lowest BCUT2D eigenvalue weighted by atomic mass is 10.2. The molecule has 10 heteroatoms. The highest BCUT2D eigenvalue weighted by Gasteiger charge is 2.22. The molecule has 0 atom stereocenters. The van der Waals surface area contributed by atoms with Gasteiger partial charge in [-0.1, -0.05) is 42.9 Å². The summed E-state index contributed by atoms with van der Waals surface area (Å²) in [6.07, 6.45) is 1.38. The predicted molar refractivity (Wildman–Crippen MR) is 110 cm³/mol. The number of thioether (sulfide) groups is 1. The van der Waals surface area contributed by atoms with E-state index in [0.29, 0.717) is 41.3 Å². The molecule has 0 aliphatic rings. The average Bonchev–Trinajstić information content (AvgIpc) is 3.22. The smallest absolute Gasteiger partial charge is 0.244 e. The fourth-order valence-corrected chi connectivity index (χ4v) is 4.79. The number of methoxy groups -OCH3 is 1. The zero-order valence-electron chi connectivity index (χ0n) is 16.4. The summed E-state index contributed by atoms with van der Waals surface area (Å²) in [5.41, 5.74) is 0.749. The van der Waals surface area contributed by atoms with Crippen LogP contribution in [0.5, 0.6) is 5.75 Å². The second kappa shape index (κ2) is 9.38. The molecule has 0 unspecified atom stereocenters. The molecule has 8 nitrogen and oxygen atoms in total. The second-order valence-electron chi connectivity index (χ2n) is 5.92. The number of rotatable bonds is 9. The Bertz CT molecular complexity index is 1050. The molecule has 0 saturated heterocycles. The van der Waals surface area contributed by atoms with Gasteiger partial charge < -0.3 is 9.26 Å². The topological polar surface area (TPSA) is 98.4 Å². The van der Waals surface area contributed by atoms with Gasteiger partial charge >= 0.3 is 0 Å². The Labute approximate surface area is 174 Å². The van der Waals surface area contributed by atoms with Crippen molar-refractivity contribution >= 4 is 21.8 Å². The van der Waals surface area contributed by atoms with Gasteiger partial charge in [-0.05, 0) is 24.3 Å². The van der Waals surface area contributed by atoms with E-state index in [1.165, 1.54) is 22.3 Å². The van der Waals surface area contributed by atoms with Gasteiger partial charge in [0.1, 0.15) is 10.6 Å². The molecule has 3 aromatic rings. The fourth-order valence-electron chi connectivity index (χ4n) is 2.71. The van der Waals surface area contributed by atoms with E-state index in [-0.39, 0.29) is 4.90 Å². The number of ether oxygens (including phenoxy) is 1. The number of para-hydroxylation sites is 1. The number of pyridine rings is 1. The summed E-state index contributed by atoms with van der Waals surface area (Å²) in [5.74, 6) is 1.97. The molecule has 154 valence electrons. The van der Waals surface area contributed by atoms with Crippen molar-refractivity contribution in [1.29, 1.82) is 0 Å². The number of benzene rings is 1. The highest BCUT2D eigenvalue weighted by Crippen LogP contribution is 2.28. The van der Waals surface area contributed by atoms with Crippen molar-refractivity contribution in [2.24, 2.45) is 0 Å². The van der Waals surface area contributed by atoms with Crippen molar-refractivity contribution in [2.75, 3.05) is 20.2 Å². The zero-order valence-corrected chi connectivity index (χ0v) is 18.0. The Morgan fingerprint density at radius 2 is 1.90 bits per heavy atom. The molecule has 0 radical (unpaired) electrons. The Balaban J connectivity index is 1.68. The second-order valence-corrected chi connectivity index (χ2v) is 8.86. The minimum absolute atomic E-state index is 0.182.